The van der Waals surface area contributed by atoms with E-state index in [0.29, 0.717) is 0 Å². The maximum atomic E-state index is 4.84. The first kappa shape index (κ1) is 16.0. The summed E-state index contributed by atoms with van der Waals surface area (Å²) in [5.41, 5.74) is 0. The lowest BCUT2D eigenvalue weighted by atomic mass is 10.3. The fourth-order valence-electron chi connectivity index (χ4n) is 0.496. The Balaban J connectivity index is -0.000000180. The second-order valence-corrected chi connectivity index (χ2v) is 1.70. The topological polar surface area (TPSA) is 9.23 Å². The first-order chi connectivity index (χ1) is 3.41. The molecule has 0 rings (SSSR count). The Kier molecular flexibility index (Phi) is 27.8. The van der Waals surface area contributed by atoms with Crippen LogP contribution in [0.25, 0.3) is 0 Å². The standard InChI is InChI=1S/C6H14O.2CH4/c1-3-4-5-6-7-2;;/h3-6H2,1-2H3;2*1H4. The molecule has 0 atom stereocenters. The zero-order valence-electron chi connectivity index (χ0n) is 5.24. The Bertz CT molecular complexity index is 23.7. The lowest BCUT2D eigenvalue weighted by Gasteiger charge is -1.92. The molecule has 0 aliphatic carbocycles. The molecule has 0 heterocycles. The van der Waals surface area contributed by atoms with Crippen LogP contribution in [0, 0.1) is 0 Å². The van der Waals surface area contributed by atoms with Gasteiger partial charge < -0.3 is 4.74 Å². The van der Waals surface area contributed by atoms with Crippen LogP contribution in [0.1, 0.15) is 41.0 Å². The summed E-state index contributed by atoms with van der Waals surface area (Å²) < 4.78 is 4.84. The molecule has 0 aliphatic heterocycles. The predicted molar refractivity (Wildman–Crippen MR) is 44.9 cm³/mol. The highest BCUT2D eigenvalue weighted by Gasteiger charge is 1.79. The van der Waals surface area contributed by atoms with Crippen LogP contribution in [-0.4, -0.2) is 13.7 Å². The molecule has 0 aromatic rings. The summed E-state index contributed by atoms with van der Waals surface area (Å²) in [6, 6.07) is 0. The van der Waals surface area contributed by atoms with Crippen LogP contribution in [0.2, 0.25) is 0 Å². The van der Waals surface area contributed by atoms with Crippen LogP contribution < -0.4 is 0 Å². The van der Waals surface area contributed by atoms with Crippen LogP contribution in [-0.2, 0) is 4.74 Å². The highest BCUT2D eigenvalue weighted by atomic mass is 16.5. The zero-order chi connectivity index (χ0) is 5.54. The van der Waals surface area contributed by atoms with E-state index >= 15 is 0 Å². The van der Waals surface area contributed by atoms with E-state index in [-0.39, 0.29) is 14.9 Å². The molecule has 0 radical (unpaired) electrons. The summed E-state index contributed by atoms with van der Waals surface area (Å²) in [6.45, 7) is 3.11. The third-order valence-electron chi connectivity index (χ3n) is 0.952. The summed E-state index contributed by atoms with van der Waals surface area (Å²) in [5.74, 6) is 0. The van der Waals surface area contributed by atoms with E-state index in [1.54, 1.807) is 7.11 Å². The highest BCUT2D eigenvalue weighted by Crippen LogP contribution is 1.91. The van der Waals surface area contributed by atoms with Crippen molar-refractivity contribution in [3.8, 4) is 0 Å². The van der Waals surface area contributed by atoms with E-state index in [2.05, 4.69) is 6.92 Å². The van der Waals surface area contributed by atoms with Gasteiger partial charge in [-0.05, 0) is 6.42 Å². The number of hydrogen-bond donors (Lipinski definition) is 0. The van der Waals surface area contributed by atoms with Crippen molar-refractivity contribution < 1.29 is 4.74 Å². The molecule has 0 spiro atoms. The van der Waals surface area contributed by atoms with Crippen molar-refractivity contribution in [3.63, 3.8) is 0 Å². The third kappa shape index (κ3) is 18.0. The molecule has 0 saturated heterocycles. The third-order valence-corrected chi connectivity index (χ3v) is 0.952. The van der Waals surface area contributed by atoms with Crippen molar-refractivity contribution in [1.29, 1.82) is 0 Å². The van der Waals surface area contributed by atoms with E-state index in [0.717, 1.165) is 6.61 Å². The largest absolute Gasteiger partial charge is 0.385 e. The normalized spacial score (nSPS) is 7.33. The summed E-state index contributed by atoms with van der Waals surface area (Å²) in [4.78, 5) is 0. The van der Waals surface area contributed by atoms with E-state index < -0.39 is 0 Å². The van der Waals surface area contributed by atoms with E-state index in [1.807, 2.05) is 0 Å². The van der Waals surface area contributed by atoms with Crippen LogP contribution in [0.15, 0.2) is 0 Å². The van der Waals surface area contributed by atoms with Crippen LogP contribution >= 0.6 is 0 Å². The van der Waals surface area contributed by atoms with Gasteiger partial charge in [0.2, 0.25) is 0 Å². The Hall–Kier alpha value is -0.0400. The minimum absolute atomic E-state index is 0. The first-order valence-electron chi connectivity index (χ1n) is 2.90. The van der Waals surface area contributed by atoms with E-state index in [4.69, 9.17) is 4.74 Å². The average Bonchev–Trinajstić information content (AvgIpc) is 1.69. The van der Waals surface area contributed by atoms with Crippen LogP contribution in [0.5, 0.6) is 0 Å². The summed E-state index contributed by atoms with van der Waals surface area (Å²) in [6.07, 6.45) is 3.80. The van der Waals surface area contributed by atoms with Crippen molar-refractivity contribution in [1.82, 2.24) is 0 Å². The molecule has 0 amide bonds. The predicted octanol–water partition coefficient (Wildman–Crippen LogP) is 3.10. The monoisotopic (exact) mass is 134 g/mol. The van der Waals surface area contributed by atoms with Crippen molar-refractivity contribution >= 4 is 0 Å². The zero-order valence-corrected chi connectivity index (χ0v) is 5.24. The van der Waals surface area contributed by atoms with Crippen LogP contribution in [0.3, 0.4) is 0 Å². The van der Waals surface area contributed by atoms with Crippen molar-refractivity contribution in [2.75, 3.05) is 13.7 Å². The van der Waals surface area contributed by atoms with Crippen LogP contribution in [0.4, 0.5) is 0 Å². The molecule has 0 saturated carbocycles. The van der Waals surface area contributed by atoms with Gasteiger partial charge >= 0.3 is 0 Å². The second-order valence-electron chi connectivity index (χ2n) is 1.70. The molecule has 1 nitrogen and oxygen atoms in total. The number of ether oxygens (including phenoxy) is 1. The molecule has 0 aromatic carbocycles. The molecule has 0 unspecified atom stereocenters. The van der Waals surface area contributed by atoms with Gasteiger partial charge in [-0.25, -0.2) is 0 Å². The number of unbranched alkanes of at least 4 members (excludes halogenated alkanes) is 2. The van der Waals surface area contributed by atoms with E-state index in [9.17, 15) is 0 Å². The fraction of sp³-hybridized carbons (Fsp3) is 1.00. The maximum Gasteiger partial charge on any atom is 0.0462 e. The van der Waals surface area contributed by atoms with Gasteiger partial charge in [-0.15, -0.1) is 0 Å². The molecular formula is C8H22O. The van der Waals surface area contributed by atoms with Gasteiger partial charge in [-0.3, -0.25) is 0 Å². The molecule has 1 heteroatoms. The molecule has 0 bridgehead atoms. The molecule has 0 fully saturated rings. The molecule has 0 aromatic heterocycles. The lowest BCUT2D eigenvalue weighted by Crippen LogP contribution is -1.85. The quantitative estimate of drug-likeness (QED) is 0.537. The minimum Gasteiger partial charge on any atom is -0.385 e. The summed E-state index contributed by atoms with van der Waals surface area (Å²) in [5, 5.41) is 0. The van der Waals surface area contributed by atoms with Crippen molar-refractivity contribution in [2.24, 2.45) is 0 Å². The molecule has 9 heavy (non-hydrogen) atoms. The van der Waals surface area contributed by atoms with Crippen molar-refractivity contribution in [3.05, 3.63) is 0 Å². The van der Waals surface area contributed by atoms with Gasteiger partial charge in [0, 0.05) is 13.7 Å². The van der Waals surface area contributed by atoms with Gasteiger partial charge in [-0.2, -0.15) is 0 Å². The molecule has 0 N–H and O–H groups in total. The Labute approximate surface area is 60.4 Å². The van der Waals surface area contributed by atoms with Gasteiger partial charge in [-0.1, -0.05) is 34.6 Å². The summed E-state index contributed by atoms with van der Waals surface area (Å²) >= 11 is 0. The first-order valence-corrected chi connectivity index (χ1v) is 2.90. The smallest absolute Gasteiger partial charge is 0.0462 e. The summed E-state index contributed by atoms with van der Waals surface area (Å²) in [7, 11) is 1.75. The van der Waals surface area contributed by atoms with Gasteiger partial charge in [0.05, 0.1) is 0 Å². The van der Waals surface area contributed by atoms with Crippen molar-refractivity contribution in [2.45, 2.75) is 41.0 Å². The number of rotatable bonds is 4. The molecule has 0 aliphatic rings. The number of methoxy groups -OCH3 is 1. The Morgan fingerprint density at radius 2 is 1.67 bits per heavy atom. The fourth-order valence-corrected chi connectivity index (χ4v) is 0.496. The lowest BCUT2D eigenvalue weighted by molar-refractivity contribution is 0.192. The average molecular weight is 134 g/mol. The van der Waals surface area contributed by atoms with E-state index in [1.165, 1.54) is 19.3 Å². The SMILES string of the molecule is C.C.CCCCCOC. The Morgan fingerprint density at radius 3 is 2.00 bits per heavy atom. The number of hydrogen-bond acceptors (Lipinski definition) is 1. The Morgan fingerprint density at radius 1 is 1.11 bits per heavy atom. The molecule has 60 valence electrons. The van der Waals surface area contributed by atoms with Gasteiger partial charge in [0.15, 0.2) is 0 Å². The molecular weight excluding hydrogens is 112 g/mol. The van der Waals surface area contributed by atoms with Gasteiger partial charge in [0.25, 0.3) is 0 Å². The maximum absolute atomic E-state index is 4.84. The second kappa shape index (κ2) is 15.7. The minimum atomic E-state index is 0. The highest BCUT2D eigenvalue weighted by molar-refractivity contribution is 4.32. The van der Waals surface area contributed by atoms with Gasteiger partial charge in [0.1, 0.15) is 0 Å².